The lowest BCUT2D eigenvalue weighted by Crippen LogP contribution is -2.00. The molecule has 8 aromatic carbocycles. The quantitative estimate of drug-likeness (QED) is 0.182. The number of benzene rings is 8. The maximum atomic E-state index is 6.80. The summed E-state index contributed by atoms with van der Waals surface area (Å²) in [6, 6.07) is 59.6. The van der Waals surface area contributed by atoms with E-state index in [1.54, 1.807) is 11.3 Å². The summed E-state index contributed by atoms with van der Waals surface area (Å²) >= 11 is 1.79. The fourth-order valence-corrected chi connectivity index (χ4v) is 9.47. The molecule has 0 aliphatic heterocycles. The number of hydrogen-bond donors (Lipinski definition) is 0. The Morgan fingerprint density at radius 3 is 1.87 bits per heavy atom. The van der Waals surface area contributed by atoms with Crippen LogP contribution in [-0.2, 0) is 0 Å². The van der Waals surface area contributed by atoms with E-state index in [9.17, 15) is 0 Å². The monoisotopic (exact) mass is 720 g/mol. The Morgan fingerprint density at radius 2 is 1.07 bits per heavy atom. The third kappa shape index (κ3) is 4.62. The van der Waals surface area contributed by atoms with E-state index in [2.05, 4.69) is 156 Å². The van der Waals surface area contributed by atoms with Crippen LogP contribution in [0.25, 0.3) is 115 Å². The van der Waals surface area contributed by atoms with Gasteiger partial charge in [-0.2, -0.15) is 0 Å². The zero-order valence-corrected chi connectivity index (χ0v) is 30.1. The highest BCUT2D eigenvalue weighted by Gasteiger charge is 2.22. The van der Waals surface area contributed by atoms with E-state index in [1.165, 1.54) is 30.9 Å². The first-order valence-corrected chi connectivity index (χ1v) is 19.2. The van der Waals surface area contributed by atoms with Crippen LogP contribution < -0.4 is 0 Å². The van der Waals surface area contributed by atoms with Crippen molar-refractivity contribution in [3.63, 3.8) is 0 Å². The first-order valence-electron chi connectivity index (χ1n) is 18.4. The number of rotatable bonds is 4. The highest BCUT2D eigenvalue weighted by atomic mass is 32.1. The van der Waals surface area contributed by atoms with Gasteiger partial charge in [-0.25, -0.2) is 15.0 Å². The van der Waals surface area contributed by atoms with Gasteiger partial charge < -0.3 is 8.98 Å². The average molecular weight is 721 g/mol. The molecule has 0 aliphatic rings. The van der Waals surface area contributed by atoms with Crippen molar-refractivity contribution in [3.05, 3.63) is 170 Å². The zero-order valence-electron chi connectivity index (χ0n) is 29.3. The number of hydrogen-bond acceptors (Lipinski definition) is 5. The van der Waals surface area contributed by atoms with Crippen LogP contribution in [0.5, 0.6) is 0 Å². The van der Waals surface area contributed by atoms with Crippen molar-refractivity contribution in [2.24, 2.45) is 0 Å². The lowest BCUT2D eigenvalue weighted by atomic mass is 9.99. The summed E-state index contributed by atoms with van der Waals surface area (Å²) in [6.45, 7) is 0. The summed E-state index contributed by atoms with van der Waals surface area (Å²) < 4.78 is 11.6. The summed E-state index contributed by atoms with van der Waals surface area (Å²) in [5.41, 5.74) is 7.78. The van der Waals surface area contributed by atoms with Gasteiger partial charge in [0.2, 0.25) is 0 Å². The number of aromatic nitrogens is 4. The largest absolute Gasteiger partial charge is 0.455 e. The molecule has 0 N–H and O–H groups in total. The summed E-state index contributed by atoms with van der Waals surface area (Å²) in [6.07, 6.45) is 0. The minimum absolute atomic E-state index is 0.598. The van der Waals surface area contributed by atoms with Crippen molar-refractivity contribution < 1.29 is 4.42 Å². The van der Waals surface area contributed by atoms with Gasteiger partial charge in [0.15, 0.2) is 17.5 Å². The van der Waals surface area contributed by atoms with Gasteiger partial charge in [0.1, 0.15) is 11.2 Å². The molecule has 0 amide bonds. The van der Waals surface area contributed by atoms with Crippen molar-refractivity contribution in [2.75, 3.05) is 0 Å². The molecule has 0 spiro atoms. The van der Waals surface area contributed by atoms with Crippen LogP contribution in [0, 0.1) is 0 Å². The molecule has 256 valence electrons. The molecular formula is C49H28N4OS. The van der Waals surface area contributed by atoms with E-state index in [1.807, 2.05) is 18.2 Å². The molecule has 0 aliphatic carbocycles. The minimum atomic E-state index is 0.598. The average Bonchev–Trinajstić information content (AvgIpc) is 3.93. The molecule has 0 saturated carbocycles. The molecule has 12 aromatic rings. The molecule has 4 aromatic heterocycles. The van der Waals surface area contributed by atoms with Gasteiger partial charge in [-0.15, -0.1) is 11.3 Å². The van der Waals surface area contributed by atoms with Crippen LogP contribution in [0.15, 0.2) is 174 Å². The van der Waals surface area contributed by atoms with Gasteiger partial charge in [-0.05, 0) is 53.9 Å². The van der Waals surface area contributed by atoms with Gasteiger partial charge in [-0.3, -0.25) is 0 Å². The van der Waals surface area contributed by atoms with Gasteiger partial charge in [0, 0.05) is 69.5 Å². The van der Waals surface area contributed by atoms with E-state index >= 15 is 0 Å². The van der Waals surface area contributed by atoms with Crippen LogP contribution in [0.1, 0.15) is 0 Å². The van der Waals surface area contributed by atoms with Gasteiger partial charge in [0.05, 0.1) is 11.0 Å². The zero-order chi connectivity index (χ0) is 36.0. The number of para-hydroxylation sites is 2. The van der Waals surface area contributed by atoms with Crippen molar-refractivity contribution in [3.8, 4) is 39.9 Å². The van der Waals surface area contributed by atoms with Crippen molar-refractivity contribution in [1.82, 2.24) is 19.5 Å². The Hall–Kier alpha value is -7.15. The van der Waals surface area contributed by atoms with E-state index < -0.39 is 0 Å². The predicted molar refractivity (Wildman–Crippen MR) is 228 cm³/mol. The Kier molecular flexibility index (Phi) is 6.44. The Balaban J connectivity index is 1.14. The molecule has 0 saturated heterocycles. The van der Waals surface area contributed by atoms with Gasteiger partial charge in [-0.1, -0.05) is 121 Å². The Labute approximate surface area is 318 Å². The number of fused-ring (bicyclic) bond motifs is 11. The highest BCUT2D eigenvalue weighted by Crippen LogP contribution is 2.43. The number of nitrogens with zero attached hydrogens (tertiary/aromatic N) is 4. The second-order valence-electron chi connectivity index (χ2n) is 14.0. The third-order valence-electron chi connectivity index (χ3n) is 10.8. The minimum Gasteiger partial charge on any atom is -0.455 e. The molecule has 55 heavy (non-hydrogen) atoms. The summed E-state index contributed by atoms with van der Waals surface area (Å²) in [5.74, 6) is 1.85. The normalized spacial score (nSPS) is 12.0. The first-order chi connectivity index (χ1) is 27.2. The SMILES string of the molecule is c1ccc(-c2nc(-c3ccc4c(c3)sc3ccccc34)nc(-c3cc4ccccc4c4oc5ccc(-n6c7ccccc7c7ccccc76)cc5c34)n2)cc1. The number of thiophene rings is 1. The lowest BCUT2D eigenvalue weighted by Gasteiger charge is -2.11. The topological polar surface area (TPSA) is 56.7 Å². The van der Waals surface area contributed by atoms with Gasteiger partial charge in [0.25, 0.3) is 0 Å². The molecular weight excluding hydrogens is 693 g/mol. The van der Waals surface area contributed by atoms with E-state index in [4.69, 9.17) is 19.4 Å². The maximum absolute atomic E-state index is 6.80. The smallest absolute Gasteiger partial charge is 0.164 e. The molecule has 4 heterocycles. The second kappa shape index (κ2) is 11.7. The summed E-state index contributed by atoms with van der Waals surface area (Å²) in [4.78, 5) is 15.6. The van der Waals surface area contributed by atoms with Crippen LogP contribution in [0.3, 0.4) is 0 Å². The van der Waals surface area contributed by atoms with Crippen LogP contribution >= 0.6 is 11.3 Å². The summed E-state index contributed by atoms with van der Waals surface area (Å²) in [5, 5.41) is 9.04. The van der Waals surface area contributed by atoms with Gasteiger partial charge >= 0.3 is 0 Å². The molecule has 12 rings (SSSR count). The van der Waals surface area contributed by atoms with E-state index in [-0.39, 0.29) is 0 Å². The molecule has 0 bridgehead atoms. The fraction of sp³-hybridized carbons (Fsp3) is 0. The van der Waals surface area contributed by atoms with Crippen LogP contribution in [0.4, 0.5) is 0 Å². The Morgan fingerprint density at radius 1 is 0.436 bits per heavy atom. The van der Waals surface area contributed by atoms with Crippen molar-refractivity contribution in [2.45, 2.75) is 0 Å². The number of furan rings is 1. The predicted octanol–water partition coefficient (Wildman–Crippen LogP) is 13.4. The molecule has 5 nitrogen and oxygen atoms in total. The second-order valence-corrected chi connectivity index (χ2v) is 15.1. The van der Waals surface area contributed by atoms with Crippen LogP contribution in [0.2, 0.25) is 0 Å². The molecule has 0 atom stereocenters. The lowest BCUT2D eigenvalue weighted by molar-refractivity contribution is 0.672. The molecule has 0 radical (unpaired) electrons. The fourth-order valence-electron chi connectivity index (χ4n) is 8.32. The third-order valence-corrected chi connectivity index (χ3v) is 12.0. The summed E-state index contributed by atoms with van der Waals surface area (Å²) in [7, 11) is 0. The Bertz CT molecular complexity index is 3450. The van der Waals surface area contributed by atoms with Crippen molar-refractivity contribution >= 4 is 86.0 Å². The van der Waals surface area contributed by atoms with Crippen molar-refractivity contribution in [1.29, 1.82) is 0 Å². The molecule has 6 heteroatoms. The standard InChI is InChI=1S/C49H28N4OS/c1-2-12-29(13-3-1)47-50-48(31-22-24-37-36-18-8-11-21-43(36)55-44(37)27-31)52-49(51-47)39-26-30-14-4-5-15-33(30)46-45(39)38-28-32(23-25-42(38)54-46)53-40-19-9-6-16-34(40)35-17-7-10-20-41(35)53/h1-28H. The van der Waals surface area contributed by atoms with Crippen LogP contribution in [-0.4, -0.2) is 19.5 Å². The van der Waals surface area contributed by atoms with E-state index in [0.717, 1.165) is 66.1 Å². The maximum Gasteiger partial charge on any atom is 0.164 e. The first kappa shape index (κ1) is 30.3. The molecule has 0 fully saturated rings. The highest BCUT2D eigenvalue weighted by molar-refractivity contribution is 7.25. The van der Waals surface area contributed by atoms with E-state index in [0.29, 0.717) is 17.5 Å². The molecule has 0 unspecified atom stereocenters.